The van der Waals surface area contributed by atoms with Crippen molar-refractivity contribution in [1.82, 2.24) is 19.3 Å². The van der Waals surface area contributed by atoms with Crippen molar-refractivity contribution in [3.8, 4) is 0 Å². The van der Waals surface area contributed by atoms with Crippen LogP contribution in [0.5, 0.6) is 0 Å². The van der Waals surface area contributed by atoms with Gasteiger partial charge in [0.2, 0.25) is 15.9 Å². The zero-order chi connectivity index (χ0) is 17.7. The maximum absolute atomic E-state index is 12.4. The Morgan fingerprint density at radius 1 is 1.40 bits per heavy atom. The van der Waals surface area contributed by atoms with Gasteiger partial charge in [-0.05, 0) is 25.3 Å². The van der Waals surface area contributed by atoms with Crippen molar-refractivity contribution in [2.75, 3.05) is 31.9 Å². The van der Waals surface area contributed by atoms with Crippen LogP contribution in [-0.4, -0.2) is 59.7 Å². The zero-order valence-electron chi connectivity index (χ0n) is 14.4. The molecule has 0 amide bonds. The normalized spacial score (nSPS) is 27.8. The lowest BCUT2D eigenvalue weighted by Crippen LogP contribution is -2.40. The average molecular weight is 383 g/mol. The van der Waals surface area contributed by atoms with E-state index in [1.54, 1.807) is 29.5 Å². The second kappa shape index (κ2) is 6.15. The van der Waals surface area contributed by atoms with Crippen LogP contribution in [0.4, 0.5) is 0 Å². The molecule has 0 saturated carbocycles. The van der Waals surface area contributed by atoms with Crippen molar-refractivity contribution in [3.05, 3.63) is 34.1 Å². The second-order valence-electron chi connectivity index (χ2n) is 6.94. The van der Waals surface area contributed by atoms with E-state index in [9.17, 15) is 8.42 Å². The third kappa shape index (κ3) is 2.92. The molecule has 0 radical (unpaired) electrons. The highest BCUT2D eigenvalue weighted by atomic mass is 32.2. The van der Waals surface area contributed by atoms with Gasteiger partial charge in [0.25, 0.3) is 0 Å². The van der Waals surface area contributed by atoms with E-state index in [0.29, 0.717) is 24.8 Å². The highest BCUT2D eigenvalue weighted by molar-refractivity contribution is 7.89. The minimum absolute atomic E-state index is 0.123. The first-order chi connectivity index (χ1) is 11.9. The Hall–Kier alpha value is -1.29. The first-order valence-electron chi connectivity index (χ1n) is 8.46. The van der Waals surface area contributed by atoms with Crippen LogP contribution in [0, 0.1) is 12.8 Å². The van der Waals surface area contributed by atoms with Crippen molar-refractivity contribution in [2.45, 2.75) is 25.8 Å². The summed E-state index contributed by atoms with van der Waals surface area (Å²) >= 11 is 1.75. The van der Waals surface area contributed by atoms with Crippen molar-refractivity contribution >= 4 is 21.4 Å². The summed E-state index contributed by atoms with van der Waals surface area (Å²) in [6.07, 6.45) is 0. The van der Waals surface area contributed by atoms with Crippen molar-refractivity contribution in [3.63, 3.8) is 0 Å². The molecule has 0 aromatic carbocycles. The summed E-state index contributed by atoms with van der Waals surface area (Å²) in [5.41, 5.74) is -0.402. The number of aryl methyl sites for hydroxylation is 1. The fourth-order valence-corrected chi connectivity index (χ4v) is 6.01. The number of likely N-dealkylation sites (tertiary alicyclic amines) is 1. The van der Waals surface area contributed by atoms with Crippen LogP contribution < -0.4 is 0 Å². The highest BCUT2D eigenvalue weighted by Gasteiger charge is 2.58. The number of hydrogen-bond acceptors (Lipinski definition) is 7. The smallest absolute Gasteiger partial charge is 0.235 e. The quantitative estimate of drug-likeness (QED) is 0.779. The summed E-state index contributed by atoms with van der Waals surface area (Å²) in [5, 5.41) is 6.04. The van der Waals surface area contributed by atoms with Gasteiger partial charge in [-0.2, -0.15) is 4.98 Å². The predicted octanol–water partition coefficient (Wildman–Crippen LogP) is 1.47. The summed E-state index contributed by atoms with van der Waals surface area (Å²) in [5.74, 6) is 1.47. The molecule has 0 aliphatic carbocycles. The van der Waals surface area contributed by atoms with Gasteiger partial charge >= 0.3 is 0 Å². The lowest BCUT2D eigenvalue weighted by molar-refractivity contribution is 0.245. The van der Waals surface area contributed by atoms with Crippen LogP contribution in [0.1, 0.15) is 23.5 Å². The Morgan fingerprint density at radius 2 is 2.24 bits per heavy atom. The van der Waals surface area contributed by atoms with E-state index >= 15 is 0 Å². The molecule has 0 spiro atoms. The van der Waals surface area contributed by atoms with Gasteiger partial charge in [0.15, 0.2) is 5.82 Å². The van der Waals surface area contributed by atoms with Crippen LogP contribution in [0.25, 0.3) is 0 Å². The first kappa shape index (κ1) is 17.1. The van der Waals surface area contributed by atoms with E-state index in [1.165, 1.54) is 4.88 Å². The molecule has 2 aromatic rings. The average Bonchev–Trinajstić information content (AvgIpc) is 3.30. The molecule has 0 bridgehead atoms. The topological polar surface area (TPSA) is 79.5 Å². The summed E-state index contributed by atoms with van der Waals surface area (Å²) in [4.78, 5) is 8.17. The van der Waals surface area contributed by atoms with E-state index in [2.05, 4.69) is 32.6 Å². The number of aromatic nitrogens is 2. The van der Waals surface area contributed by atoms with Gasteiger partial charge in [0, 0.05) is 43.5 Å². The summed E-state index contributed by atoms with van der Waals surface area (Å²) in [6.45, 7) is 6.91. The molecule has 2 saturated heterocycles. The van der Waals surface area contributed by atoms with Crippen LogP contribution in [-0.2, 0) is 22.0 Å². The molecule has 0 N–H and O–H groups in total. The molecule has 4 heterocycles. The monoisotopic (exact) mass is 382 g/mol. The minimum atomic E-state index is -3.22. The lowest BCUT2D eigenvalue weighted by Gasteiger charge is -2.25. The Morgan fingerprint density at radius 3 is 2.88 bits per heavy atom. The Balaban J connectivity index is 1.64. The molecule has 7 nitrogen and oxygen atoms in total. The Bertz CT molecular complexity index is 849. The summed E-state index contributed by atoms with van der Waals surface area (Å²) in [6, 6.07) is 4.19. The molecule has 2 unspecified atom stereocenters. The molecule has 2 aliphatic heterocycles. The van der Waals surface area contributed by atoms with Crippen LogP contribution in [0.3, 0.4) is 0 Å². The van der Waals surface area contributed by atoms with Gasteiger partial charge in [0.05, 0.1) is 11.2 Å². The summed E-state index contributed by atoms with van der Waals surface area (Å²) in [7, 11) is -3.22. The third-order valence-corrected chi connectivity index (χ3v) is 7.98. The number of rotatable bonds is 5. The molecule has 9 heteroatoms. The molecule has 25 heavy (non-hydrogen) atoms. The molecule has 2 aliphatic rings. The lowest BCUT2D eigenvalue weighted by atomic mass is 9.81. The molecule has 4 rings (SSSR count). The molecule has 2 fully saturated rings. The number of nitrogens with zero attached hydrogens (tertiary/aromatic N) is 4. The summed E-state index contributed by atoms with van der Waals surface area (Å²) < 4.78 is 31.9. The maximum Gasteiger partial charge on any atom is 0.235 e. The zero-order valence-corrected chi connectivity index (χ0v) is 16.0. The number of thiophene rings is 1. The van der Waals surface area contributed by atoms with E-state index in [0.717, 1.165) is 19.6 Å². The van der Waals surface area contributed by atoms with E-state index in [4.69, 9.17) is 4.52 Å². The van der Waals surface area contributed by atoms with Gasteiger partial charge in [-0.15, -0.1) is 11.3 Å². The standard InChI is InChI=1S/C16H22N4O3S2/c1-3-25(21,22)20-8-13-7-19(9-14-5-4-6-24-14)10-16(13,11-20)15-17-12(2)18-23-15/h4-6,13H,3,7-11H2,1-2H3. The van der Waals surface area contributed by atoms with Gasteiger partial charge < -0.3 is 4.52 Å². The number of hydrogen-bond donors (Lipinski definition) is 0. The second-order valence-corrected chi connectivity index (χ2v) is 10.2. The van der Waals surface area contributed by atoms with Gasteiger partial charge in [-0.1, -0.05) is 11.2 Å². The van der Waals surface area contributed by atoms with Gasteiger partial charge in [-0.3, -0.25) is 4.90 Å². The van der Waals surface area contributed by atoms with Gasteiger partial charge in [0.1, 0.15) is 0 Å². The molecule has 2 atom stereocenters. The van der Waals surface area contributed by atoms with Gasteiger partial charge in [-0.25, -0.2) is 12.7 Å². The molecular formula is C16H22N4O3S2. The third-order valence-electron chi connectivity index (χ3n) is 5.32. The minimum Gasteiger partial charge on any atom is -0.339 e. The predicted molar refractivity (Wildman–Crippen MR) is 94.8 cm³/mol. The largest absolute Gasteiger partial charge is 0.339 e. The van der Waals surface area contributed by atoms with E-state index in [1.807, 2.05) is 0 Å². The van der Waals surface area contributed by atoms with Crippen molar-refractivity contribution < 1.29 is 12.9 Å². The Labute approximate surface area is 151 Å². The molecule has 2 aromatic heterocycles. The van der Waals surface area contributed by atoms with Crippen LogP contribution in [0.15, 0.2) is 22.0 Å². The SMILES string of the molecule is CCS(=O)(=O)N1CC2CN(Cc3cccs3)CC2(c2nc(C)no2)C1. The highest BCUT2D eigenvalue weighted by Crippen LogP contribution is 2.45. The van der Waals surface area contributed by atoms with Crippen LogP contribution in [0.2, 0.25) is 0 Å². The Kier molecular flexibility index (Phi) is 4.22. The van der Waals surface area contributed by atoms with E-state index < -0.39 is 15.4 Å². The van der Waals surface area contributed by atoms with E-state index in [-0.39, 0.29) is 11.7 Å². The number of fused-ring (bicyclic) bond motifs is 1. The first-order valence-corrected chi connectivity index (χ1v) is 11.0. The maximum atomic E-state index is 12.4. The van der Waals surface area contributed by atoms with Crippen molar-refractivity contribution in [1.29, 1.82) is 0 Å². The van der Waals surface area contributed by atoms with Crippen molar-refractivity contribution in [2.24, 2.45) is 5.92 Å². The molecule has 136 valence electrons. The molecular weight excluding hydrogens is 360 g/mol. The van der Waals surface area contributed by atoms with Crippen LogP contribution >= 0.6 is 11.3 Å². The number of sulfonamides is 1. The fraction of sp³-hybridized carbons (Fsp3) is 0.625. The fourth-order valence-electron chi connectivity index (χ4n) is 4.06.